The summed E-state index contributed by atoms with van der Waals surface area (Å²) in [5.41, 5.74) is 0.342. The molecule has 1 N–H and O–H groups in total. The first-order chi connectivity index (χ1) is 11.4. The van der Waals surface area contributed by atoms with Crippen molar-refractivity contribution in [3.8, 4) is 0 Å². The molecule has 0 bridgehead atoms. The third kappa shape index (κ3) is 5.72. The van der Waals surface area contributed by atoms with Gasteiger partial charge in [0.05, 0.1) is 18.9 Å². The number of furan rings is 1. The molecule has 7 nitrogen and oxygen atoms in total. The van der Waals surface area contributed by atoms with Gasteiger partial charge in [0.1, 0.15) is 18.8 Å². The highest BCUT2D eigenvalue weighted by Crippen LogP contribution is 2.11. The molecule has 134 valence electrons. The predicted molar refractivity (Wildman–Crippen MR) is 88.3 cm³/mol. The highest BCUT2D eigenvalue weighted by molar-refractivity contribution is 5.97. The van der Waals surface area contributed by atoms with E-state index in [0.717, 1.165) is 12.8 Å². The van der Waals surface area contributed by atoms with E-state index >= 15 is 0 Å². The lowest BCUT2D eigenvalue weighted by atomic mass is 10.0. The fourth-order valence-corrected chi connectivity index (χ4v) is 2.32. The van der Waals surface area contributed by atoms with Crippen molar-refractivity contribution < 1.29 is 23.5 Å². The SMILES string of the molecule is CCC(CC)CN(CC(=O)OC)C(=O)[C@H](C)NC(=O)c1ccoc1. The van der Waals surface area contributed by atoms with Crippen molar-refractivity contribution in [1.29, 1.82) is 0 Å². The lowest BCUT2D eigenvalue weighted by molar-refractivity contribution is -0.148. The number of esters is 1. The summed E-state index contributed by atoms with van der Waals surface area (Å²) in [7, 11) is 1.28. The molecule has 0 aromatic carbocycles. The molecule has 1 atom stereocenters. The smallest absolute Gasteiger partial charge is 0.325 e. The molecule has 0 fully saturated rings. The molecule has 1 heterocycles. The number of hydrogen-bond donors (Lipinski definition) is 1. The van der Waals surface area contributed by atoms with Crippen LogP contribution in [0.3, 0.4) is 0 Å². The summed E-state index contributed by atoms with van der Waals surface area (Å²) in [5.74, 6) is -0.910. The van der Waals surface area contributed by atoms with Gasteiger partial charge >= 0.3 is 5.97 Å². The molecule has 0 radical (unpaired) electrons. The highest BCUT2D eigenvalue weighted by atomic mass is 16.5. The first kappa shape index (κ1) is 19.7. The minimum absolute atomic E-state index is 0.127. The molecule has 7 heteroatoms. The standard InChI is InChI=1S/C17H26N2O5/c1-5-13(6-2)9-19(10-15(20)23-4)17(22)12(3)18-16(21)14-7-8-24-11-14/h7-8,11-13H,5-6,9-10H2,1-4H3,(H,18,21)/t12-/m0/s1. The monoisotopic (exact) mass is 338 g/mol. The molecule has 0 saturated carbocycles. The minimum atomic E-state index is -0.758. The number of nitrogens with one attached hydrogen (secondary N) is 1. The number of amides is 2. The van der Waals surface area contributed by atoms with Gasteiger partial charge in [0.2, 0.25) is 5.91 Å². The van der Waals surface area contributed by atoms with Crippen molar-refractivity contribution in [3.05, 3.63) is 24.2 Å². The van der Waals surface area contributed by atoms with Gasteiger partial charge in [-0.3, -0.25) is 14.4 Å². The average Bonchev–Trinajstić information content (AvgIpc) is 3.12. The van der Waals surface area contributed by atoms with Gasteiger partial charge in [-0.15, -0.1) is 0 Å². The molecule has 24 heavy (non-hydrogen) atoms. The zero-order chi connectivity index (χ0) is 18.1. The number of nitrogens with zero attached hydrogens (tertiary/aromatic N) is 1. The van der Waals surface area contributed by atoms with Crippen LogP contribution in [0.2, 0.25) is 0 Å². The van der Waals surface area contributed by atoms with Crippen molar-refractivity contribution in [3.63, 3.8) is 0 Å². The van der Waals surface area contributed by atoms with Crippen LogP contribution in [0.15, 0.2) is 23.0 Å². The van der Waals surface area contributed by atoms with Crippen molar-refractivity contribution in [1.82, 2.24) is 10.2 Å². The summed E-state index contributed by atoms with van der Waals surface area (Å²) < 4.78 is 9.52. The molecule has 1 aromatic rings. The average molecular weight is 338 g/mol. The van der Waals surface area contributed by atoms with Crippen LogP contribution in [-0.2, 0) is 14.3 Å². The molecule has 0 aliphatic heterocycles. The number of hydrogen-bond acceptors (Lipinski definition) is 5. The first-order valence-corrected chi connectivity index (χ1v) is 8.11. The number of rotatable bonds is 9. The Kier molecular flexibility index (Phi) is 8.01. The summed E-state index contributed by atoms with van der Waals surface area (Å²) in [6.45, 7) is 6.00. The Bertz CT molecular complexity index is 537. The summed E-state index contributed by atoms with van der Waals surface area (Å²) >= 11 is 0. The first-order valence-electron chi connectivity index (χ1n) is 8.11. The molecular weight excluding hydrogens is 312 g/mol. The summed E-state index contributed by atoms with van der Waals surface area (Å²) in [5, 5.41) is 2.62. The van der Waals surface area contributed by atoms with E-state index in [4.69, 9.17) is 4.42 Å². The van der Waals surface area contributed by atoms with Crippen LogP contribution in [0, 0.1) is 5.92 Å². The second-order valence-corrected chi connectivity index (χ2v) is 5.68. The molecule has 2 amide bonds. The maximum Gasteiger partial charge on any atom is 0.325 e. The van der Waals surface area contributed by atoms with Gasteiger partial charge in [0.15, 0.2) is 0 Å². The van der Waals surface area contributed by atoms with Crippen LogP contribution >= 0.6 is 0 Å². The number of carbonyl (C=O) groups excluding carboxylic acids is 3. The van der Waals surface area contributed by atoms with E-state index in [0.29, 0.717) is 12.1 Å². The quantitative estimate of drug-likeness (QED) is 0.694. The third-order valence-electron chi connectivity index (χ3n) is 3.99. The zero-order valence-corrected chi connectivity index (χ0v) is 14.7. The van der Waals surface area contributed by atoms with Crippen LogP contribution in [0.4, 0.5) is 0 Å². The number of ether oxygens (including phenoxy) is 1. The van der Waals surface area contributed by atoms with Crippen LogP contribution < -0.4 is 5.32 Å². The highest BCUT2D eigenvalue weighted by Gasteiger charge is 2.26. The summed E-state index contributed by atoms with van der Waals surface area (Å²) in [6, 6.07) is 0.759. The van der Waals surface area contributed by atoms with E-state index in [1.807, 2.05) is 13.8 Å². The van der Waals surface area contributed by atoms with E-state index in [1.165, 1.54) is 30.6 Å². The van der Waals surface area contributed by atoms with E-state index in [1.54, 1.807) is 6.92 Å². The summed E-state index contributed by atoms with van der Waals surface area (Å²) in [6.07, 6.45) is 4.50. The Balaban J connectivity index is 2.76. The largest absolute Gasteiger partial charge is 0.472 e. The second kappa shape index (κ2) is 9.75. The Morgan fingerprint density at radius 3 is 2.46 bits per heavy atom. The van der Waals surface area contributed by atoms with E-state index in [2.05, 4.69) is 10.1 Å². The maximum absolute atomic E-state index is 12.6. The van der Waals surface area contributed by atoms with Crippen molar-refractivity contribution in [2.75, 3.05) is 20.2 Å². The normalized spacial score (nSPS) is 11.9. The van der Waals surface area contributed by atoms with Gasteiger partial charge in [0.25, 0.3) is 5.91 Å². The van der Waals surface area contributed by atoms with Crippen LogP contribution in [0.5, 0.6) is 0 Å². The van der Waals surface area contributed by atoms with Gasteiger partial charge in [-0.1, -0.05) is 26.7 Å². The minimum Gasteiger partial charge on any atom is -0.472 e. The molecule has 0 spiro atoms. The number of methoxy groups -OCH3 is 1. The fourth-order valence-electron chi connectivity index (χ4n) is 2.32. The van der Waals surface area contributed by atoms with Gasteiger partial charge < -0.3 is 19.4 Å². The fraction of sp³-hybridized carbons (Fsp3) is 0.588. The van der Waals surface area contributed by atoms with Crippen molar-refractivity contribution in [2.45, 2.75) is 39.7 Å². The van der Waals surface area contributed by atoms with E-state index in [-0.39, 0.29) is 18.4 Å². The Morgan fingerprint density at radius 1 is 1.29 bits per heavy atom. The molecule has 0 unspecified atom stereocenters. The molecule has 0 saturated heterocycles. The molecule has 0 aliphatic rings. The van der Waals surface area contributed by atoms with Crippen molar-refractivity contribution in [2.24, 2.45) is 5.92 Å². The Morgan fingerprint density at radius 2 is 1.96 bits per heavy atom. The lowest BCUT2D eigenvalue weighted by Gasteiger charge is -2.28. The van der Waals surface area contributed by atoms with Gasteiger partial charge in [0, 0.05) is 6.54 Å². The van der Waals surface area contributed by atoms with Gasteiger partial charge in [-0.05, 0) is 18.9 Å². The second-order valence-electron chi connectivity index (χ2n) is 5.68. The predicted octanol–water partition coefficient (Wildman–Crippen LogP) is 1.84. The third-order valence-corrected chi connectivity index (χ3v) is 3.99. The van der Waals surface area contributed by atoms with Gasteiger partial charge in [-0.25, -0.2) is 0 Å². The van der Waals surface area contributed by atoms with Crippen LogP contribution in [0.1, 0.15) is 44.0 Å². The molecular formula is C17H26N2O5. The Hall–Kier alpha value is -2.31. The zero-order valence-electron chi connectivity index (χ0n) is 14.7. The maximum atomic E-state index is 12.6. The van der Waals surface area contributed by atoms with Crippen LogP contribution in [0.25, 0.3) is 0 Å². The molecule has 1 rings (SSSR count). The van der Waals surface area contributed by atoms with Gasteiger partial charge in [-0.2, -0.15) is 0 Å². The topological polar surface area (TPSA) is 88.9 Å². The number of carbonyl (C=O) groups is 3. The lowest BCUT2D eigenvalue weighted by Crippen LogP contribution is -2.49. The molecule has 1 aromatic heterocycles. The molecule has 0 aliphatic carbocycles. The van der Waals surface area contributed by atoms with E-state index in [9.17, 15) is 14.4 Å². The Labute approximate surface area is 142 Å². The summed E-state index contributed by atoms with van der Waals surface area (Å²) in [4.78, 5) is 37.7. The van der Waals surface area contributed by atoms with E-state index < -0.39 is 17.9 Å². The van der Waals surface area contributed by atoms with Crippen molar-refractivity contribution >= 4 is 17.8 Å². The van der Waals surface area contributed by atoms with Crippen LogP contribution in [-0.4, -0.2) is 48.9 Å².